The number of carbonyl (C=O) groups excluding carboxylic acids is 1. The molecule has 0 saturated heterocycles. The maximum Gasteiger partial charge on any atom is 0.277 e. The Balaban J connectivity index is 1.71. The van der Waals surface area contributed by atoms with Gasteiger partial charge in [0.25, 0.3) is 11.5 Å². The number of imidazole rings is 1. The van der Waals surface area contributed by atoms with Crippen LogP contribution >= 0.6 is 0 Å². The zero-order valence-electron chi connectivity index (χ0n) is 17.5. The SMILES string of the molecule is CCCn1nc(C(=O)Nc2c(-c3ccc(F)cc3)ncn2Cc2ccccc2)ccc1=O. The van der Waals surface area contributed by atoms with Crippen LogP contribution in [-0.2, 0) is 13.1 Å². The molecule has 1 amide bonds. The molecule has 0 unspecified atom stereocenters. The van der Waals surface area contributed by atoms with Crippen molar-refractivity contribution >= 4 is 11.7 Å². The summed E-state index contributed by atoms with van der Waals surface area (Å²) in [4.78, 5) is 29.5. The molecule has 0 atom stereocenters. The summed E-state index contributed by atoms with van der Waals surface area (Å²) in [5.74, 6) is -0.362. The molecule has 1 N–H and O–H groups in total. The third-order valence-electron chi connectivity index (χ3n) is 4.92. The quantitative estimate of drug-likeness (QED) is 0.480. The van der Waals surface area contributed by atoms with Gasteiger partial charge in [-0.2, -0.15) is 5.10 Å². The second-order valence-corrected chi connectivity index (χ2v) is 7.30. The van der Waals surface area contributed by atoms with E-state index in [9.17, 15) is 14.0 Å². The van der Waals surface area contributed by atoms with Gasteiger partial charge in [0.2, 0.25) is 0 Å². The first kappa shape index (κ1) is 21.2. The summed E-state index contributed by atoms with van der Waals surface area (Å²) < 4.78 is 16.5. The highest BCUT2D eigenvalue weighted by molar-refractivity contribution is 6.04. The molecule has 2 heterocycles. The van der Waals surface area contributed by atoms with Crippen molar-refractivity contribution in [2.45, 2.75) is 26.4 Å². The first-order valence-electron chi connectivity index (χ1n) is 10.3. The monoisotopic (exact) mass is 431 g/mol. The van der Waals surface area contributed by atoms with Gasteiger partial charge in [0, 0.05) is 18.2 Å². The number of hydrogen-bond donors (Lipinski definition) is 1. The van der Waals surface area contributed by atoms with Crippen LogP contribution in [-0.4, -0.2) is 25.2 Å². The topological polar surface area (TPSA) is 81.8 Å². The van der Waals surface area contributed by atoms with Crippen LogP contribution in [0.25, 0.3) is 11.3 Å². The standard InChI is InChI=1S/C24H22FN5O2/c1-2-14-30-21(31)13-12-20(28-30)24(32)27-23-22(18-8-10-19(25)11-9-18)26-16-29(23)15-17-6-4-3-5-7-17/h3-13,16H,2,14-15H2,1H3,(H,27,32). The van der Waals surface area contributed by atoms with Crippen LogP contribution < -0.4 is 10.9 Å². The zero-order valence-corrected chi connectivity index (χ0v) is 17.5. The number of aromatic nitrogens is 4. The normalized spacial score (nSPS) is 10.8. The summed E-state index contributed by atoms with van der Waals surface area (Å²) in [5, 5.41) is 7.07. The van der Waals surface area contributed by atoms with E-state index >= 15 is 0 Å². The van der Waals surface area contributed by atoms with E-state index < -0.39 is 5.91 Å². The van der Waals surface area contributed by atoms with Gasteiger partial charge in [-0.1, -0.05) is 37.3 Å². The van der Waals surface area contributed by atoms with E-state index in [4.69, 9.17) is 0 Å². The molecule has 0 saturated carbocycles. The van der Waals surface area contributed by atoms with Gasteiger partial charge in [0.15, 0.2) is 0 Å². The predicted molar refractivity (Wildman–Crippen MR) is 120 cm³/mol. The fourth-order valence-corrected chi connectivity index (χ4v) is 3.35. The molecule has 4 rings (SSSR count). The Bertz CT molecular complexity index is 1280. The smallest absolute Gasteiger partial charge is 0.277 e. The lowest BCUT2D eigenvalue weighted by Crippen LogP contribution is -2.26. The summed E-state index contributed by atoms with van der Waals surface area (Å²) in [7, 11) is 0. The second-order valence-electron chi connectivity index (χ2n) is 7.30. The van der Waals surface area contributed by atoms with Crippen molar-refractivity contribution in [2.75, 3.05) is 5.32 Å². The highest BCUT2D eigenvalue weighted by Gasteiger charge is 2.18. The maximum atomic E-state index is 13.4. The number of hydrogen-bond acceptors (Lipinski definition) is 4. The Hall–Kier alpha value is -4.07. The lowest BCUT2D eigenvalue weighted by atomic mass is 10.1. The fourth-order valence-electron chi connectivity index (χ4n) is 3.35. The van der Waals surface area contributed by atoms with Crippen molar-refractivity contribution in [3.05, 3.63) is 100 Å². The van der Waals surface area contributed by atoms with Crippen molar-refractivity contribution in [1.29, 1.82) is 0 Å². The summed E-state index contributed by atoms with van der Waals surface area (Å²) in [6.07, 6.45) is 2.35. The van der Waals surface area contributed by atoms with E-state index in [2.05, 4.69) is 15.4 Å². The summed E-state index contributed by atoms with van der Waals surface area (Å²) >= 11 is 0. The number of anilines is 1. The summed E-state index contributed by atoms with van der Waals surface area (Å²) in [6, 6.07) is 18.4. The third-order valence-corrected chi connectivity index (χ3v) is 4.92. The van der Waals surface area contributed by atoms with E-state index in [-0.39, 0.29) is 17.1 Å². The maximum absolute atomic E-state index is 13.4. The van der Waals surface area contributed by atoms with Gasteiger partial charge in [0.05, 0.1) is 12.9 Å². The Labute approximate surface area is 184 Å². The molecular weight excluding hydrogens is 409 g/mol. The van der Waals surface area contributed by atoms with Crippen LogP contribution in [0, 0.1) is 5.82 Å². The van der Waals surface area contributed by atoms with Gasteiger partial charge in [-0.25, -0.2) is 14.1 Å². The van der Waals surface area contributed by atoms with E-state index in [1.165, 1.54) is 28.9 Å². The molecule has 0 aliphatic heterocycles. The number of aryl methyl sites for hydroxylation is 1. The first-order chi connectivity index (χ1) is 15.5. The molecule has 0 bridgehead atoms. The Morgan fingerprint density at radius 2 is 1.78 bits per heavy atom. The van der Waals surface area contributed by atoms with E-state index in [0.717, 1.165) is 12.0 Å². The molecule has 2 aromatic heterocycles. The van der Waals surface area contributed by atoms with Gasteiger partial charge in [0.1, 0.15) is 23.0 Å². The molecule has 0 aliphatic carbocycles. The Morgan fingerprint density at radius 3 is 2.50 bits per heavy atom. The highest BCUT2D eigenvalue weighted by atomic mass is 19.1. The minimum atomic E-state index is -0.465. The molecular formula is C24H22FN5O2. The van der Waals surface area contributed by atoms with Gasteiger partial charge in [-0.3, -0.25) is 9.59 Å². The van der Waals surface area contributed by atoms with E-state index in [1.54, 1.807) is 18.5 Å². The fraction of sp³-hybridized carbons (Fsp3) is 0.167. The van der Waals surface area contributed by atoms with Crippen LogP contribution in [0.5, 0.6) is 0 Å². The number of halogens is 1. The molecule has 32 heavy (non-hydrogen) atoms. The molecule has 7 nitrogen and oxygen atoms in total. The van der Waals surface area contributed by atoms with Gasteiger partial charge in [-0.15, -0.1) is 0 Å². The molecule has 0 radical (unpaired) electrons. The van der Waals surface area contributed by atoms with Crippen molar-refractivity contribution in [1.82, 2.24) is 19.3 Å². The predicted octanol–water partition coefficient (Wildman–Crippen LogP) is 3.96. The van der Waals surface area contributed by atoms with Crippen molar-refractivity contribution < 1.29 is 9.18 Å². The number of carbonyl (C=O) groups is 1. The Kier molecular flexibility index (Phi) is 6.21. The first-order valence-corrected chi connectivity index (χ1v) is 10.3. The molecule has 162 valence electrons. The number of nitrogens with one attached hydrogen (secondary N) is 1. The lowest BCUT2D eigenvalue weighted by Gasteiger charge is -2.12. The van der Waals surface area contributed by atoms with Crippen molar-refractivity contribution in [2.24, 2.45) is 0 Å². The molecule has 0 aliphatic rings. The molecule has 0 spiro atoms. The number of nitrogens with zero attached hydrogens (tertiary/aromatic N) is 4. The Morgan fingerprint density at radius 1 is 1.03 bits per heavy atom. The van der Waals surface area contributed by atoms with Gasteiger partial charge < -0.3 is 9.88 Å². The van der Waals surface area contributed by atoms with Crippen molar-refractivity contribution in [3.63, 3.8) is 0 Å². The molecule has 4 aromatic rings. The zero-order chi connectivity index (χ0) is 22.5. The van der Waals surface area contributed by atoms with Crippen LogP contribution in [0.2, 0.25) is 0 Å². The number of benzene rings is 2. The van der Waals surface area contributed by atoms with Gasteiger partial charge in [-0.05, 0) is 42.3 Å². The molecule has 2 aromatic carbocycles. The molecule has 8 heteroatoms. The average molecular weight is 431 g/mol. The van der Waals surface area contributed by atoms with Crippen LogP contribution in [0.15, 0.2) is 77.9 Å². The number of amides is 1. The molecule has 0 fully saturated rings. The van der Waals surface area contributed by atoms with Crippen LogP contribution in [0.4, 0.5) is 10.2 Å². The van der Waals surface area contributed by atoms with Crippen LogP contribution in [0.1, 0.15) is 29.4 Å². The lowest BCUT2D eigenvalue weighted by molar-refractivity contribution is 0.101. The second kappa shape index (κ2) is 9.38. The summed E-state index contributed by atoms with van der Waals surface area (Å²) in [6.45, 7) is 2.83. The average Bonchev–Trinajstić information content (AvgIpc) is 3.18. The van der Waals surface area contributed by atoms with Crippen molar-refractivity contribution in [3.8, 4) is 11.3 Å². The largest absolute Gasteiger partial charge is 0.312 e. The van der Waals surface area contributed by atoms with Gasteiger partial charge >= 0.3 is 0 Å². The van der Waals surface area contributed by atoms with Crippen LogP contribution in [0.3, 0.4) is 0 Å². The highest BCUT2D eigenvalue weighted by Crippen LogP contribution is 2.28. The number of rotatable bonds is 7. The minimum absolute atomic E-state index is 0.121. The summed E-state index contributed by atoms with van der Waals surface area (Å²) in [5.41, 5.74) is 2.06. The third kappa shape index (κ3) is 4.64. The minimum Gasteiger partial charge on any atom is -0.312 e. The van der Waals surface area contributed by atoms with E-state index in [1.807, 2.05) is 41.8 Å². The van der Waals surface area contributed by atoms with E-state index in [0.29, 0.717) is 30.2 Å².